The number of hydrogen-bond donors (Lipinski definition) is 1. The molecule has 0 saturated heterocycles. The van der Waals surface area contributed by atoms with E-state index in [1.165, 1.54) is 11.8 Å². The first-order chi connectivity index (χ1) is 12.3. The maximum Gasteiger partial charge on any atom is 0.341 e. The van der Waals surface area contributed by atoms with Crippen molar-refractivity contribution < 1.29 is 14.3 Å². The molecule has 5 nitrogen and oxygen atoms in total. The Hall–Kier alpha value is -2.05. The van der Waals surface area contributed by atoms with E-state index in [2.05, 4.69) is 10.3 Å². The molecule has 7 heteroatoms. The van der Waals surface area contributed by atoms with Gasteiger partial charge in [-0.1, -0.05) is 42.4 Å². The van der Waals surface area contributed by atoms with Crippen LogP contribution >= 0.6 is 23.4 Å². The van der Waals surface area contributed by atoms with Crippen molar-refractivity contribution in [3.63, 3.8) is 0 Å². The molecule has 1 heterocycles. The van der Waals surface area contributed by atoms with Gasteiger partial charge in [-0.2, -0.15) is 0 Å². The van der Waals surface area contributed by atoms with Crippen molar-refractivity contribution >= 4 is 35.2 Å². The Kier molecular flexibility index (Phi) is 7.06. The van der Waals surface area contributed by atoms with Crippen LogP contribution in [0.3, 0.4) is 0 Å². The average molecular weight is 393 g/mol. The van der Waals surface area contributed by atoms with Gasteiger partial charge in [0, 0.05) is 16.6 Å². The second kappa shape index (κ2) is 9.05. The van der Waals surface area contributed by atoms with Crippen LogP contribution in [0.25, 0.3) is 0 Å². The zero-order valence-corrected chi connectivity index (χ0v) is 16.5. The first-order valence-electron chi connectivity index (χ1n) is 8.18. The van der Waals surface area contributed by atoms with E-state index in [4.69, 9.17) is 16.3 Å². The lowest BCUT2D eigenvalue weighted by molar-refractivity contribution is -0.125. The third-order valence-corrected chi connectivity index (χ3v) is 5.27. The Morgan fingerprint density at radius 3 is 2.65 bits per heavy atom. The van der Waals surface area contributed by atoms with E-state index < -0.39 is 5.97 Å². The molecule has 1 aromatic heterocycles. The van der Waals surface area contributed by atoms with Gasteiger partial charge in [-0.25, -0.2) is 9.78 Å². The van der Waals surface area contributed by atoms with Gasteiger partial charge in [0.25, 0.3) is 5.91 Å². The Labute approximate surface area is 162 Å². The quantitative estimate of drug-likeness (QED) is 0.709. The summed E-state index contributed by atoms with van der Waals surface area (Å²) in [6.07, 6.45) is 2.36. The predicted molar refractivity (Wildman–Crippen MR) is 103 cm³/mol. The van der Waals surface area contributed by atoms with Crippen LogP contribution in [-0.2, 0) is 9.53 Å². The van der Waals surface area contributed by atoms with E-state index in [9.17, 15) is 9.59 Å². The summed E-state index contributed by atoms with van der Waals surface area (Å²) in [4.78, 5) is 29.4. The van der Waals surface area contributed by atoms with Gasteiger partial charge in [0.1, 0.15) is 5.03 Å². The molecule has 0 aliphatic rings. The number of aromatic nitrogens is 1. The summed E-state index contributed by atoms with van der Waals surface area (Å²) in [5, 5.41) is 3.87. The molecule has 0 aliphatic heterocycles. The lowest BCUT2D eigenvalue weighted by atomic mass is 10.0. The molecule has 2 aromatic rings. The molecule has 0 fully saturated rings. The first kappa shape index (κ1) is 20.3. The third-order valence-electron chi connectivity index (χ3n) is 3.73. The molecule has 138 valence electrons. The van der Waals surface area contributed by atoms with E-state index in [1.54, 1.807) is 24.4 Å². The molecule has 0 saturated carbocycles. The van der Waals surface area contributed by atoms with E-state index in [1.807, 2.05) is 39.0 Å². The van der Waals surface area contributed by atoms with Crippen LogP contribution in [-0.4, -0.2) is 29.0 Å². The molecule has 0 radical (unpaired) electrons. The number of halogens is 1. The van der Waals surface area contributed by atoms with Crippen LogP contribution in [0.4, 0.5) is 0 Å². The van der Waals surface area contributed by atoms with Crippen molar-refractivity contribution in [1.29, 1.82) is 0 Å². The molecule has 0 unspecified atom stereocenters. The minimum Gasteiger partial charge on any atom is -0.452 e. The number of benzene rings is 1. The molecular formula is C19H21ClN2O3S. The van der Waals surface area contributed by atoms with E-state index in [0.717, 1.165) is 11.3 Å². The molecule has 2 rings (SSSR count). The molecule has 0 spiro atoms. The van der Waals surface area contributed by atoms with Crippen LogP contribution in [0.5, 0.6) is 0 Å². The number of carbonyl (C=O) groups excluding carboxylic acids is 2. The highest BCUT2D eigenvalue weighted by Gasteiger charge is 2.20. The van der Waals surface area contributed by atoms with Gasteiger partial charge in [-0.15, -0.1) is 0 Å². The van der Waals surface area contributed by atoms with Gasteiger partial charge < -0.3 is 10.1 Å². The van der Waals surface area contributed by atoms with E-state index in [0.29, 0.717) is 15.6 Å². The van der Waals surface area contributed by atoms with Gasteiger partial charge in [-0.05, 0) is 44.5 Å². The first-order valence-corrected chi connectivity index (χ1v) is 9.37. The van der Waals surface area contributed by atoms with Gasteiger partial charge in [0.15, 0.2) is 6.61 Å². The lowest BCUT2D eigenvalue weighted by Gasteiger charge is -2.24. The number of nitrogens with zero attached hydrogens (tertiary/aromatic N) is 1. The Bertz CT molecular complexity index is 796. The molecule has 0 bridgehead atoms. The molecule has 1 amide bonds. The van der Waals surface area contributed by atoms with Crippen LogP contribution in [0.15, 0.2) is 52.5 Å². The number of nitrogens with one attached hydrogen (secondary N) is 1. The maximum atomic E-state index is 12.4. The molecule has 1 aromatic carbocycles. The van der Waals surface area contributed by atoms with Crippen molar-refractivity contribution in [3.8, 4) is 0 Å². The van der Waals surface area contributed by atoms with Gasteiger partial charge in [0.2, 0.25) is 0 Å². The van der Waals surface area contributed by atoms with E-state index in [-0.39, 0.29) is 18.1 Å². The van der Waals surface area contributed by atoms with Gasteiger partial charge in [0.05, 0.1) is 10.6 Å². The van der Waals surface area contributed by atoms with Crippen LogP contribution in [0, 0.1) is 0 Å². The highest BCUT2D eigenvalue weighted by atomic mass is 35.5. The number of hydrogen-bond acceptors (Lipinski definition) is 5. The number of esters is 1. The topological polar surface area (TPSA) is 68.3 Å². The smallest absolute Gasteiger partial charge is 0.341 e. The van der Waals surface area contributed by atoms with Crippen molar-refractivity contribution in [2.24, 2.45) is 0 Å². The van der Waals surface area contributed by atoms with Gasteiger partial charge >= 0.3 is 5.97 Å². The lowest BCUT2D eigenvalue weighted by Crippen LogP contribution is -2.44. The highest BCUT2D eigenvalue weighted by Crippen LogP contribution is 2.33. The summed E-state index contributed by atoms with van der Waals surface area (Å²) in [7, 11) is 0. The Morgan fingerprint density at radius 1 is 1.23 bits per heavy atom. The zero-order valence-electron chi connectivity index (χ0n) is 14.9. The standard InChI is InChI=1S/C19H21ClN2O3S/c1-4-19(2,3)22-16(23)12-25-18(24)13-8-7-11-21-17(13)26-15-10-6-5-9-14(15)20/h5-11H,4,12H2,1-3H3,(H,22,23). The summed E-state index contributed by atoms with van der Waals surface area (Å²) >= 11 is 7.44. The largest absolute Gasteiger partial charge is 0.452 e. The second-order valence-electron chi connectivity index (χ2n) is 6.25. The van der Waals surface area contributed by atoms with Crippen LogP contribution in [0.2, 0.25) is 5.02 Å². The number of ether oxygens (including phenoxy) is 1. The molecular weight excluding hydrogens is 372 g/mol. The minimum absolute atomic E-state index is 0.292. The zero-order chi connectivity index (χ0) is 19.2. The van der Waals surface area contributed by atoms with E-state index >= 15 is 0 Å². The van der Waals surface area contributed by atoms with Crippen molar-refractivity contribution in [3.05, 3.63) is 53.2 Å². The summed E-state index contributed by atoms with van der Waals surface area (Å²) in [5.74, 6) is -0.938. The number of amides is 1. The number of rotatable bonds is 7. The van der Waals surface area contributed by atoms with Crippen molar-refractivity contribution in [1.82, 2.24) is 10.3 Å². The molecule has 26 heavy (non-hydrogen) atoms. The number of pyridine rings is 1. The fourth-order valence-electron chi connectivity index (χ4n) is 1.97. The summed E-state index contributed by atoms with van der Waals surface area (Å²) in [5.41, 5.74) is -0.0527. The third kappa shape index (κ3) is 5.75. The minimum atomic E-state index is -0.600. The second-order valence-corrected chi connectivity index (χ2v) is 7.69. The summed E-state index contributed by atoms with van der Waals surface area (Å²) < 4.78 is 5.15. The molecule has 0 aliphatic carbocycles. The van der Waals surface area contributed by atoms with Crippen LogP contribution < -0.4 is 5.32 Å². The monoisotopic (exact) mass is 392 g/mol. The maximum absolute atomic E-state index is 12.4. The number of carbonyl (C=O) groups is 2. The summed E-state index contributed by atoms with van der Waals surface area (Å²) in [6.45, 7) is 5.45. The highest BCUT2D eigenvalue weighted by molar-refractivity contribution is 7.99. The Balaban J connectivity index is 2.06. The van der Waals surface area contributed by atoms with Gasteiger partial charge in [-0.3, -0.25) is 4.79 Å². The summed E-state index contributed by atoms with van der Waals surface area (Å²) in [6, 6.07) is 10.6. The Morgan fingerprint density at radius 2 is 1.96 bits per heavy atom. The fraction of sp³-hybridized carbons (Fsp3) is 0.316. The molecule has 1 N–H and O–H groups in total. The average Bonchev–Trinajstić information content (AvgIpc) is 2.62. The normalized spacial score (nSPS) is 11.1. The SMILES string of the molecule is CCC(C)(C)NC(=O)COC(=O)c1cccnc1Sc1ccccc1Cl. The fourth-order valence-corrected chi connectivity index (χ4v) is 3.12. The van der Waals surface area contributed by atoms with Crippen LogP contribution in [0.1, 0.15) is 37.6 Å². The van der Waals surface area contributed by atoms with Crippen molar-refractivity contribution in [2.75, 3.05) is 6.61 Å². The van der Waals surface area contributed by atoms with Crippen molar-refractivity contribution in [2.45, 2.75) is 42.7 Å². The molecule has 0 atom stereocenters. The predicted octanol–water partition coefficient (Wildman–Crippen LogP) is 4.35.